The lowest BCUT2D eigenvalue weighted by atomic mass is 9.90. The number of hydrogen-bond acceptors (Lipinski definition) is 5. The van der Waals surface area contributed by atoms with Crippen LogP contribution in [0.4, 0.5) is 0 Å². The van der Waals surface area contributed by atoms with E-state index in [2.05, 4.69) is 46.8 Å². The number of aryl methyl sites for hydroxylation is 1. The molecule has 0 aliphatic carbocycles. The summed E-state index contributed by atoms with van der Waals surface area (Å²) in [6, 6.07) is -0.255. The van der Waals surface area contributed by atoms with Crippen molar-refractivity contribution in [1.29, 1.82) is 0 Å². The fourth-order valence-corrected chi connectivity index (χ4v) is 2.77. The first-order valence-electron chi connectivity index (χ1n) is 6.04. The predicted molar refractivity (Wildman–Crippen MR) is 72.5 cm³/mol. The molecule has 0 aromatic carbocycles. The molecule has 1 unspecified atom stereocenters. The minimum atomic E-state index is -0.255. The fraction of sp³-hybridized carbons (Fsp3) is 0.583. The van der Waals surface area contributed by atoms with Gasteiger partial charge in [0.15, 0.2) is 0 Å². The first-order chi connectivity index (χ1) is 8.45. The summed E-state index contributed by atoms with van der Waals surface area (Å²) < 4.78 is 6.10. The third-order valence-corrected chi connectivity index (χ3v) is 3.68. The molecule has 2 heterocycles. The second kappa shape index (κ2) is 4.78. The first-order valence-corrected chi connectivity index (χ1v) is 6.81. The van der Waals surface area contributed by atoms with Gasteiger partial charge in [0, 0.05) is 24.4 Å². The van der Waals surface area contributed by atoms with Gasteiger partial charge in [0.1, 0.15) is 11.9 Å². The minimum absolute atomic E-state index is 0.0520. The SMILES string of the molecule is CCn1ccnc1C(N)c1snnc1C(C)(C)C. The first kappa shape index (κ1) is 13.2. The average Bonchev–Trinajstić information content (AvgIpc) is 2.95. The normalized spacial score (nSPS) is 13.8. The summed E-state index contributed by atoms with van der Waals surface area (Å²) in [7, 11) is 0. The van der Waals surface area contributed by atoms with Gasteiger partial charge in [0.2, 0.25) is 0 Å². The van der Waals surface area contributed by atoms with Crippen LogP contribution in [0.25, 0.3) is 0 Å². The molecule has 18 heavy (non-hydrogen) atoms. The van der Waals surface area contributed by atoms with Crippen molar-refractivity contribution in [3.63, 3.8) is 0 Å². The summed E-state index contributed by atoms with van der Waals surface area (Å²) in [6.45, 7) is 9.29. The summed E-state index contributed by atoms with van der Waals surface area (Å²) >= 11 is 1.36. The molecule has 6 heteroatoms. The third kappa shape index (κ3) is 2.30. The molecule has 0 aliphatic rings. The van der Waals surface area contributed by atoms with E-state index < -0.39 is 0 Å². The summed E-state index contributed by atoms with van der Waals surface area (Å²) in [5.74, 6) is 0.869. The van der Waals surface area contributed by atoms with Crippen molar-refractivity contribution in [2.45, 2.75) is 45.7 Å². The predicted octanol–water partition coefficient (Wildman–Crippen LogP) is 2.10. The zero-order valence-corrected chi connectivity index (χ0v) is 12.0. The largest absolute Gasteiger partial charge is 0.334 e. The molecule has 0 fully saturated rings. The van der Waals surface area contributed by atoms with Crippen LogP contribution in [0.1, 0.15) is 50.1 Å². The smallest absolute Gasteiger partial charge is 0.131 e. The molecule has 2 aromatic rings. The number of nitrogens with two attached hydrogens (primary N) is 1. The van der Waals surface area contributed by atoms with Crippen molar-refractivity contribution < 1.29 is 0 Å². The standard InChI is InChI=1S/C12H19N5S/c1-5-17-7-6-14-11(17)8(13)9-10(12(2,3)4)15-16-18-9/h6-8H,5,13H2,1-4H3. The molecule has 1 atom stereocenters. The second-order valence-electron chi connectivity index (χ2n) is 5.28. The Morgan fingerprint density at radius 2 is 2.17 bits per heavy atom. The highest BCUT2D eigenvalue weighted by Gasteiger charge is 2.28. The highest BCUT2D eigenvalue weighted by atomic mass is 32.1. The molecule has 0 radical (unpaired) electrons. The monoisotopic (exact) mass is 265 g/mol. The fourth-order valence-electron chi connectivity index (χ4n) is 1.91. The Morgan fingerprint density at radius 3 is 2.78 bits per heavy atom. The maximum absolute atomic E-state index is 6.33. The summed E-state index contributed by atoms with van der Waals surface area (Å²) in [5.41, 5.74) is 7.24. The lowest BCUT2D eigenvalue weighted by Crippen LogP contribution is -2.22. The Kier molecular flexibility index (Phi) is 3.49. The zero-order chi connectivity index (χ0) is 13.3. The molecule has 0 spiro atoms. The van der Waals surface area contributed by atoms with Gasteiger partial charge in [-0.3, -0.25) is 0 Å². The van der Waals surface area contributed by atoms with Crippen LogP contribution in [0, 0.1) is 0 Å². The quantitative estimate of drug-likeness (QED) is 0.922. The summed E-state index contributed by atoms with van der Waals surface area (Å²) in [4.78, 5) is 5.36. The van der Waals surface area contributed by atoms with Crippen LogP contribution in [0.2, 0.25) is 0 Å². The van der Waals surface area contributed by atoms with Gasteiger partial charge in [0.25, 0.3) is 0 Å². The van der Waals surface area contributed by atoms with Crippen LogP contribution in [0.15, 0.2) is 12.4 Å². The number of nitrogens with zero attached hydrogens (tertiary/aromatic N) is 4. The van der Waals surface area contributed by atoms with Gasteiger partial charge in [-0.25, -0.2) is 4.98 Å². The molecule has 0 aliphatic heterocycles. The van der Waals surface area contributed by atoms with E-state index in [-0.39, 0.29) is 11.5 Å². The van der Waals surface area contributed by atoms with Crippen LogP contribution < -0.4 is 5.73 Å². The molecule has 2 N–H and O–H groups in total. The topological polar surface area (TPSA) is 69.6 Å². The molecule has 5 nitrogen and oxygen atoms in total. The van der Waals surface area contributed by atoms with Crippen molar-refractivity contribution in [3.8, 4) is 0 Å². The van der Waals surface area contributed by atoms with Crippen molar-refractivity contribution in [1.82, 2.24) is 19.1 Å². The molecular weight excluding hydrogens is 246 g/mol. The van der Waals surface area contributed by atoms with Crippen LogP contribution in [0.5, 0.6) is 0 Å². The van der Waals surface area contributed by atoms with E-state index in [1.165, 1.54) is 11.5 Å². The van der Waals surface area contributed by atoms with Crippen molar-refractivity contribution >= 4 is 11.5 Å². The molecule has 0 saturated heterocycles. The van der Waals surface area contributed by atoms with Crippen LogP contribution in [-0.4, -0.2) is 19.1 Å². The Morgan fingerprint density at radius 1 is 1.44 bits per heavy atom. The highest BCUT2D eigenvalue weighted by Crippen LogP contribution is 2.31. The molecule has 2 aromatic heterocycles. The second-order valence-corrected chi connectivity index (χ2v) is 6.07. The number of hydrogen-bond donors (Lipinski definition) is 1. The van der Waals surface area contributed by atoms with Gasteiger partial charge in [0.05, 0.1) is 10.6 Å². The van der Waals surface area contributed by atoms with Crippen LogP contribution >= 0.6 is 11.5 Å². The molecule has 2 rings (SSSR count). The molecular formula is C12H19N5S. The lowest BCUT2D eigenvalue weighted by molar-refractivity contribution is 0.551. The van der Waals surface area contributed by atoms with Gasteiger partial charge in [-0.1, -0.05) is 25.3 Å². The van der Waals surface area contributed by atoms with Crippen LogP contribution in [0.3, 0.4) is 0 Å². The van der Waals surface area contributed by atoms with Gasteiger partial charge >= 0.3 is 0 Å². The van der Waals surface area contributed by atoms with E-state index >= 15 is 0 Å². The summed E-state index contributed by atoms with van der Waals surface area (Å²) in [5, 5.41) is 4.23. The third-order valence-electron chi connectivity index (χ3n) is 2.87. The number of aromatic nitrogens is 4. The summed E-state index contributed by atoms with van der Waals surface area (Å²) in [6.07, 6.45) is 3.73. The Labute approximate surface area is 111 Å². The molecule has 0 amide bonds. The van der Waals surface area contributed by atoms with E-state index in [0.717, 1.165) is 22.9 Å². The van der Waals surface area contributed by atoms with Crippen LogP contribution in [-0.2, 0) is 12.0 Å². The van der Waals surface area contributed by atoms with E-state index in [9.17, 15) is 0 Å². The maximum atomic E-state index is 6.33. The van der Waals surface area contributed by atoms with Gasteiger partial charge in [-0.15, -0.1) is 5.10 Å². The maximum Gasteiger partial charge on any atom is 0.131 e. The highest BCUT2D eigenvalue weighted by molar-refractivity contribution is 7.05. The Hall–Kier alpha value is -1.27. The van der Waals surface area contributed by atoms with Crippen molar-refractivity contribution in [2.75, 3.05) is 0 Å². The Balaban J connectivity index is 2.41. The minimum Gasteiger partial charge on any atom is -0.334 e. The molecule has 98 valence electrons. The van der Waals surface area contributed by atoms with Crippen molar-refractivity contribution in [3.05, 3.63) is 28.8 Å². The lowest BCUT2D eigenvalue weighted by Gasteiger charge is -2.19. The average molecular weight is 265 g/mol. The van der Waals surface area contributed by atoms with Gasteiger partial charge in [-0.05, 0) is 18.5 Å². The van der Waals surface area contributed by atoms with Crippen molar-refractivity contribution in [2.24, 2.45) is 5.73 Å². The van der Waals surface area contributed by atoms with E-state index in [4.69, 9.17) is 5.73 Å². The number of rotatable bonds is 3. The zero-order valence-electron chi connectivity index (χ0n) is 11.2. The Bertz CT molecular complexity index is 523. The number of imidazole rings is 1. The van der Waals surface area contributed by atoms with Gasteiger partial charge in [-0.2, -0.15) is 0 Å². The molecule has 0 bridgehead atoms. The van der Waals surface area contributed by atoms with Gasteiger partial charge < -0.3 is 10.3 Å². The van der Waals surface area contributed by atoms with E-state index in [1.54, 1.807) is 6.20 Å². The van der Waals surface area contributed by atoms with E-state index in [0.29, 0.717) is 0 Å². The van der Waals surface area contributed by atoms with E-state index in [1.807, 2.05) is 6.20 Å². The molecule has 0 saturated carbocycles.